The maximum absolute atomic E-state index is 13.7. The standard InChI is InChI=1S/C26H18N4O2S/c31-33(32,23-4-2-1-3-5-23)26-24-12-10-21(29-24)15-19-8-6-17(27-19)14-18-7-9-20(28-18)16-22-11-13-25(26)30-22/h1-16,27-28H. The Morgan fingerprint density at radius 1 is 0.576 bits per heavy atom. The van der Waals surface area contributed by atoms with Gasteiger partial charge in [0.1, 0.15) is 4.90 Å². The fraction of sp³-hybridized carbons (Fsp3) is 0. The first-order chi connectivity index (χ1) is 16.0. The van der Waals surface area contributed by atoms with Crippen molar-refractivity contribution in [3.8, 4) is 0 Å². The van der Waals surface area contributed by atoms with Gasteiger partial charge in [-0.3, -0.25) is 0 Å². The molecule has 7 heteroatoms. The fourth-order valence-electron chi connectivity index (χ4n) is 3.98. The van der Waals surface area contributed by atoms with Gasteiger partial charge in [-0.1, -0.05) is 18.2 Å². The molecule has 0 atom stereocenters. The fourth-order valence-corrected chi connectivity index (χ4v) is 5.50. The molecule has 2 N–H and O–H groups in total. The lowest BCUT2D eigenvalue weighted by molar-refractivity contribution is 0.595. The number of hydrogen-bond donors (Lipinski definition) is 2. The number of benzene rings is 1. The zero-order chi connectivity index (χ0) is 22.4. The molecule has 0 radical (unpaired) electrons. The first kappa shape index (κ1) is 19.5. The lowest BCUT2D eigenvalue weighted by Crippen LogP contribution is -2.06. The van der Waals surface area contributed by atoms with Crippen LogP contribution in [-0.4, -0.2) is 28.4 Å². The van der Waals surface area contributed by atoms with Crippen molar-refractivity contribution in [3.63, 3.8) is 0 Å². The van der Waals surface area contributed by atoms with Crippen molar-refractivity contribution in [2.45, 2.75) is 9.79 Å². The monoisotopic (exact) mass is 450 g/mol. The minimum Gasteiger partial charge on any atom is -0.355 e. The quantitative estimate of drug-likeness (QED) is 0.365. The van der Waals surface area contributed by atoms with Gasteiger partial charge in [-0.2, -0.15) is 0 Å². The molecule has 33 heavy (non-hydrogen) atoms. The lowest BCUT2D eigenvalue weighted by atomic mass is 10.3. The average Bonchev–Trinajstić information content (AvgIpc) is 3.60. The van der Waals surface area contributed by atoms with E-state index in [1.54, 1.807) is 42.5 Å². The second kappa shape index (κ2) is 7.43. The van der Waals surface area contributed by atoms with Crippen molar-refractivity contribution in [2.75, 3.05) is 0 Å². The number of hydrogen-bond acceptors (Lipinski definition) is 4. The summed E-state index contributed by atoms with van der Waals surface area (Å²) in [5.41, 5.74) is 5.68. The van der Waals surface area contributed by atoms with Crippen LogP contribution in [-0.2, 0) is 9.84 Å². The Kier molecular flexibility index (Phi) is 4.38. The van der Waals surface area contributed by atoms with E-state index in [4.69, 9.17) is 0 Å². The number of sulfone groups is 1. The molecule has 2 aliphatic heterocycles. The summed E-state index contributed by atoms with van der Waals surface area (Å²) >= 11 is 0. The predicted molar refractivity (Wildman–Crippen MR) is 131 cm³/mol. The van der Waals surface area contributed by atoms with E-state index in [2.05, 4.69) is 19.9 Å². The number of aromatic nitrogens is 4. The van der Waals surface area contributed by atoms with Crippen molar-refractivity contribution < 1.29 is 8.42 Å². The Morgan fingerprint density at radius 2 is 1.06 bits per heavy atom. The van der Waals surface area contributed by atoms with Crippen LogP contribution in [0.15, 0.2) is 82.6 Å². The van der Waals surface area contributed by atoms with Crippen LogP contribution in [0.1, 0.15) is 22.8 Å². The number of nitrogens with one attached hydrogen (secondary N) is 2. The third-order valence-corrected chi connectivity index (χ3v) is 7.34. The largest absolute Gasteiger partial charge is 0.355 e. The van der Waals surface area contributed by atoms with E-state index in [0.29, 0.717) is 22.8 Å². The topological polar surface area (TPSA) is 91.5 Å². The van der Waals surface area contributed by atoms with Crippen LogP contribution in [0.5, 0.6) is 0 Å². The number of H-pyrrole nitrogens is 2. The summed E-state index contributed by atoms with van der Waals surface area (Å²) in [5, 5.41) is 0. The molecule has 0 amide bonds. The SMILES string of the molecule is O=S(=O)(c1ccccc1)c1c2nc(cc3ccc(cc4ccc(cc5nc1C=C5)[nH]4)[nH]3)C=C2. The highest BCUT2D eigenvalue weighted by atomic mass is 32.2. The maximum atomic E-state index is 13.7. The summed E-state index contributed by atoms with van der Waals surface area (Å²) in [5.74, 6) is 0. The summed E-state index contributed by atoms with van der Waals surface area (Å²) in [6, 6.07) is 22.1. The van der Waals surface area contributed by atoms with E-state index in [0.717, 1.165) is 22.1 Å². The Morgan fingerprint density at radius 3 is 1.58 bits per heavy atom. The van der Waals surface area contributed by atoms with Gasteiger partial charge in [0, 0.05) is 22.1 Å². The molecule has 0 spiro atoms. The predicted octanol–water partition coefficient (Wildman–Crippen LogP) is 5.49. The van der Waals surface area contributed by atoms with Gasteiger partial charge in [0.05, 0.1) is 27.7 Å². The summed E-state index contributed by atoms with van der Waals surface area (Å²) in [4.78, 5) is 16.2. The Labute approximate surface area is 189 Å². The molecule has 8 bridgehead atoms. The van der Waals surface area contributed by atoms with Gasteiger partial charge in [-0.15, -0.1) is 0 Å². The molecule has 0 aliphatic carbocycles. The Bertz CT molecular complexity index is 1630. The Hall–Kier alpha value is -4.23. The molecular weight excluding hydrogens is 432 g/mol. The second-order valence-corrected chi connectivity index (χ2v) is 9.71. The Balaban J connectivity index is 1.72. The lowest BCUT2D eigenvalue weighted by Gasteiger charge is -2.06. The minimum absolute atomic E-state index is 0.0905. The zero-order valence-corrected chi connectivity index (χ0v) is 18.2. The molecule has 6 rings (SSSR count). The van der Waals surface area contributed by atoms with Crippen LogP contribution in [0.3, 0.4) is 0 Å². The van der Waals surface area contributed by atoms with Gasteiger partial charge >= 0.3 is 0 Å². The van der Waals surface area contributed by atoms with Crippen molar-refractivity contribution in [2.24, 2.45) is 0 Å². The average molecular weight is 451 g/mol. The van der Waals surface area contributed by atoms with Gasteiger partial charge in [-0.25, -0.2) is 18.4 Å². The van der Waals surface area contributed by atoms with Crippen molar-refractivity contribution in [1.82, 2.24) is 19.9 Å². The number of fused-ring (bicyclic) bond motifs is 8. The molecule has 160 valence electrons. The van der Waals surface area contributed by atoms with Crippen LogP contribution in [0.4, 0.5) is 0 Å². The summed E-state index contributed by atoms with van der Waals surface area (Å²) < 4.78 is 27.4. The highest BCUT2D eigenvalue weighted by Crippen LogP contribution is 2.30. The summed E-state index contributed by atoms with van der Waals surface area (Å²) in [6.45, 7) is 0. The molecule has 3 aromatic heterocycles. The molecule has 0 saturated carbocycles. The highest BCUT2D eigenvalue weighted by Gasteiger charge is 2.26. The molecule has 2 aliphatic rings. The molecule has 5 heterocycles. The van der Waals surface area contributed by atoms with Gasteiger partial charge in [0.15, 0.2) is 0 Å². The van der Waals surface area contributed by atoms with Gasteiger partial charge in [-0.05, 0) is 78.9 Å². The van der Waals surface area contributed by atoms with Gasteiger partial charge in [0.25, 0.3) is 0 Å². The molecule has 6 nitrogen and oxygen atoms in total. The summed E-state index contributed by atoms with van der Waals surface area (Å²) in [6.07, 6.45) is 7.07. The molecule has 0 fully saturated rings. The maximum Gasteiger partial charge on any atom is 0.210 e. The molecular formula is C26H18N4O2S. The molecule has 1 aromatic carbocycles. The van der Waals surface area contributed by atoms with E-state index in [1.165, 1.54) is 0 Å². The third-order valence-electron chi connectivity index (χ3n) is 5.49. The minimum atomic E-state index is -3.86. The van der Waals surface area contributed by atoms with E-state index in [-0.39, 0.29) is 9.79 Å². The summed E-state index contributed by atoms with van der Waals surface area (Å²) in [7, 11) is -3.86. The van der Waals surface area contributed by atoms with Crippen molar-refractivity contribution >= 4 is 56.2 Å². The van der Waals surface area contributed by atoms with E-state index >= 15 is 0 Å². The number of rotatable bonds is 2. The van der Waals surface area contributed by atoms with Gasteiger partial charge in [0.2, 0.25) is 9.84 Å². The van der Waals surface area contributed by atoms with E-state index < -0.39 is 9.84 Å². The van der Waals surface area contributed by atoms with Crippen LogP contribution < -0.4 is 0 Å². The first-order valence-electron chi connectivity index (χ1n) is 10.4. The first-order valence-corrected chi connectivity index (χ1v) is 11.9. The normalized spacial score (nSPS) is 12.8. The van der Waals surface area contributed by atoms with Crippen molar-refractivity contribution in [1.29, 1.82) is 0 Å². The van der Waals surface area contributed by atoms with E-state index in [1.807, 2.05) is 54.6 Å². The number of aromatic amines is 2. The number of nitrogens with zero attached hydrogens (tertiary/aromatic N) is 2. The second-order valence-electron chi connectivity index (χ2n) is 7.83. The molecule has 0 saturated heterocycles. The smallest absolute Gasteiger partial charge is 0.210 e. The van der Waals surface area contributed by atoms with Crippen LogP contribution in [0.2, 0.25) is 0 Å². The third kappa shape index (κ3) is 3.58. The van der Waals surface area contributed by atoms with Crippen LogP contribution >= 0.6 is 0 Å². The zero-order valence-electron chi connectivity index (χ0n) is 17.4. The highest BCUT2D eigenvalue weighted by molar-refractivity contribution is 7.91. The van der Waals surface area contributed by atoms with Crippen molar-refractivity contribution in [3.05, 3.63) is 95.6 Å². The van der Waals surface area contributed by atoms with E-state index in [9.17, 15) is 8.42 Å². The molecule has 0 unspecified atom stereocenters. The van der Waals surface area contributed by atoms with Crippen LogP contribution in [0, 0.1) is 0 Å². The molecule has 4 aromatic rings. The van der Waals surface area contributed by atoms with Gasteiger partial charge < -0.3 is 9.97 Å². The van der Waals surface area contributed by atoms with Crippen LogP contribution in [0.25, 0.3) is 46.4 Å².